The van der Waals surface area contributed by atoms with E-state index >= 15 is 0 Å². The molecule has 0 aliphatic rings. The lowest BCUT2D eigenvalue weighted by Gasteiger charge is -2.09. The Morgan fingerprint density at radius 2 is 1.82 bits per heavy atom. The molecule has 0 saturated carbocycles. The minimum Gasteiger partial charge on any atom is -0.484 e. The monoisotopic (exact) mass is 389 g/mol. The molecule has 146 valence electrons. The molecule has 1 N–H and O–H groups in total. The van der Waals surface area contributed by atoms with Gasteiger partial charge in [-0.1, -0.05) is 6.92 Å². The van der Waals surface area contributed by atoms with Crippen LogP contribution < -0.4 is 20.4 Å². The second-order valence-corrected chi connectivity index (χ2v) is 5.84. The van der Waals surface area contributed by atoms with E-state index in [-0.39, 0.29) is 12.4 Å². The molecule has 3 aromatic rings. The standard InChI is InChI=1S/C20H17F2NO5/c1-2-12-9-19(25)28-17-10-15(7-8-16(12)17)26-11-18(24)23-13-3-5-14(6-4-13)27-20(21)22/h3-10,20H,2,11H2,1H3,(H,23,24). The molecule has 28 heavy (non-hydrogen) atoms. The fourth-order valence-corrected chi connectivity index (χ4v) is 2.66. The van der Waals surface area contributed by atoms with Crippen LogP contribution in [0.4, 0.5) is 14.5 Å². The van der Waals surface area contributed by atoms with E-state index in [2.05, 4.69) is 10.1 Å². The minimum atomic E-state index is -2.91. The lowest BCUT2D eigenvalue weighted by molar-refractivity contribution is -0.118. The van der Waals surface area contributed by atoms with Crippen molar-refractivity contribution < 1.29 is 27.5 Å². The van der Waals surface area contributed by atoms with E-state index in [1.54, 1.807) is 18.2 Å². The van der Waals surface area contributed by atoms with Crippen molar-refractivity contribution in [3.63, 3.8) is 0 Å². The number of rotatable bonds is 7. The van der Waals surface area contributed by atoms with Gasteiger partial charge in [0.2, 0.25) is 0 Å². The summed E-state index contributed by atoms with van der Waals surface area (Å²) in [6.07, 6.45) is 0.686. The molecule has 0 aliphatic carbocycles. The number of ether oxygens (including phenoxy) is 2. The maximum absolute atomic E-state index is 12.1. The number of benzene rings is 2. The topological polar surface area (TPSA) is 77.8 Å². The van der Waals surface area contributed by atoms with Crippen LogP contribution in [-0.4, -0.2) is 19.1 Å². The number of hydrogen-bond donors (Lipinski definition) is 1. The SMILES string of the molecule is CCc1cc(=O)oc2cc(OCC(=O)Nc3ccc(OC(F)F)cc3)ccc12. The van der Waals surface area contributed by atoms with Crippen molar-refractivity contribution in [2.75, 3.05) is 11.9 Å². The maximum Gasteiger partial charge on any atom is 0.387 e. The average molecular weight is 389 g/mol. The van der Waals surface area contributed by atoms with Gasteiger partial charge in [-0.25, -0.2) is 4.79 Å². The molecule has 0 fully saturated rings. The molecule has 0 radical (unpaired) electrons. The molecule has 1 amide bonds. The zero-order valence-corrected chi connectivity index (χ0v) is 14.9. The van der Waals surface area contributed by atoms with Gasteiger partial charge in [0.05, 0.1) is 0 Å². The van der Waals surface area contributed by atoms with E-state index < -0.39 is 18.1 Å². The van der Waals surface area contributed by atoms with Crippen LogP contribution in [0.25, 0.3) is 11.0 Å². The summed E-state index contributed by atoms with van der Waals surface area (Å²) in [6, 6.07) is 12.0. The molecule has 8 heteroatoms. The minimum absolute atomic E-state index is 0.00615. The van der Waals surface area contributed by atoms with Crippen LogP contribution in [0.15, 0.2) is 57.7 Å². The Hall–Kier alpha value is -3.42. The van der Waals surface area contributed by atoms with Crippen molar-refractivity contribution >= 4 is 22.6 Å². The van der Waals surface area contributed by atoms with Crippen molar-refractivity contribution in [1.29, 1.82) is 0 Å². The Morgan fingerprint density at radius 1 is 1.11 bits per heavy atom. The first kappa shape index (κ1) is 19.3. The third kappa shape index (κ3) is 4.85. The molecule has 2 aromatic carbocycles. The predicted octanol–water partition coefficient (Wildman–Crippen LogP) is 3.97. The van der Waals surface area contributed by atoms with Gasteiger partial charge in [0, 0.05) is 23.2 Å². The normalized spacial score (nSPS) is 10.9. The van der Waals surface area contributed by atoms with Crippen LogP contribution in [-0.2, 0) is 11.2 Å². The summed E-state index contributed by atoms with van der Waals surface area (Å²) >= 11 is 0. The quantitative estimate of drug-likeness (QED) is 0.619. The number of carbonyl (C=O) groups excluding carboxylic acids is 1. The first-order valence-corrected chi connectivity index (χ1v) is 8.49. The van der Waals surface area contributed by atoms with Crippen LogP contribution in [0.2, 0.25) is 0 Å². The first-order valence-electron chi connectivity index (χ1n) is 8.49. The fourth-order valence-electron chi connectivity index (χ4n) is 2.66. The fraction of sp³-hybridized carbons (Fsp3) is 0.200. The molecule has 1 heterocycles. The largest absolute Gasteiger partial charge is 0.484 e. The summed E-state index contributed by atoms with van der Waals surface area (Å²) in [4.78, 5) is 23.6. The van der Waals surface area contributed by atoms with Gasteiger partial charge < -0.3 is 19.2 Å². The number of amides is 1. The molecule has 0 unspecified atom stereocenters. The lowest BCUT2D eigenvalue weighted by atomic mass is 10.1. The highest BCUT2D eigenvalue weighted by molar-refractivity contribution is 5.92. The smallest absolute Gasteiger partial charge is 0.387 e. The van der Waals surface area contributed by atoms with Gasteiger partial charge in [0.15, 0.2) is 6.61 Å². The molecule has 0 saturated heterocycles. The van der Waals surface area contributed by atoms with Gasteiger partial charge in [-0.05, 0) is 48.4 Å². The van der Waals surface area contributed by atoms with Gasteiger partial charge in [-0.3, -0.25) is 4.79 Å². The highest BCUT2D eigenvalue weighted by Gasteiger charge is 2.09. The van der Waals surface area contributed by atoms with E-state index in [1.165, 1.54) is 30.3 Å². The lowest BCUT2D eigenvalue weighted by Crippen LogP contribution is -2.20. The Labute approximate surface area is 158 Å². The molecule has 0 spiro atoms. The van der Waals surface area contributed by atoms with Crippen LogP contribution in [0.3, 0.4) is 0 Å². The summed E-state index contributed by atoms with van der Waals surface area (Å²) in [5, 5.41) is 3.39. The Morgan fingerprint density at radius 3 is 2.50 bits per heavy atom. The summed E-state index contributed by atoms with van der Waals surface area (Å²) in [5.41, 5.74) is 1.22. The van der Waals surface area contributed by atoms with E-state index in [0.29, 0.717) is 23.4 Å². The van der Waals surface area contributed by atoms with Crippen molar-refractivity contribution in [2.24, 2.45) is 0 Å². The summed E-state index contributed by atoms with van der Waals surface area (Å²) in [5.74, 6) is -0.0699. The average Bonchev–Trinajstić information content (AvgIpc) is 2.66. The van der Waals surface area contributed by atoms with Gasteiger partial charge in [0.25, 0.3) is 5.91 Å². The molecular formula is C20H17F2NO5. The zero-order chi connectivity index (χ0) is 20.1. The van der Waals surface area contributed by atoms with Crippen molar-refractivity contribution in [2.45, 2.75) is 20.0 Å². The number of alkyl halides is 2. The molecule has 0 atom stereocenters. The van der Waals surface area contributed by atoms with Crippen LogP contribution in [0.1, 0.15) is 12.5 Å². The molecule has 0 aliphatic heterocycles. The third-order valence-corrected chi connectivity index (χ3v) is 3.92. The number of nitrogens with one attached hydrogen (secondary N) is 1. The van der Waals surface area contributed by atoms with Crippen molar-refractivity contribution in [3.05, 3.63) is 64.5 Å². The summed E-state index contributed by atoms with van der Waals surface area (Å²) in [7, 11) is 0. The number of fused-ring (bicyclic) bond motifs is 1. The second kappa shape index (κ2) is 8.51. The Balaban J connectivity index is 1.62. The van der Waals surface area contributed by atoms with E-state index in [1.807, 2.05) is 6.92 Å². The molecule has 0 bridgehead atoms. The van der Waals surface area contributed by atoms with Crippen molar-refractivity contribution in [3.8, 4) is 11.5 Å². The first-order chi connectivity index (χ1) is 13.4. The van der Waals surface area contributed by atoms with Gasteiger partial charge >= 0.3 is 12.2 Å². The molecule has 3 rings (SSSR count). The number of carbonyl (C=O) groups is 1. The highest BCUT2D eigenvalue weighted by atomic mass is 19.3. The van der Waals surface area contributed by atoms with E-state index in [4.69, 9.17) is 9.15 Å². The highest BCUT2D eigenvalue weighted by Crippen LogP contribution is 2.23. The van der Waals surface area contributed by atoms with E-state index in [9.17, 15) is 18.4 Å². The summed E-state index contributed by atoms with van der Waals surface area (Å²) in [6.45, 7) is -1.25. The Kier molecular flexibility index (Phi) is 5.88. The number of aryl methyl sites for hydroxylation is 1. The summed E-state index contributed by atoms with van der Waals surface area (Å²) < 4.78 is 39.1. The van der Waals surface area contributed by atoms with E-state index in [0.717, 1.165) is 10.9 Å². The zero-order valence-electron chi connectivity index (χ0n) is 14.9. The molecular weight excluding hydrogens is 372 g/mol. The van der Waals surface area contributed by atoms with Gasteiger partial charge in [0.1, 0.15) is 17.1 Å². The molecule has 6 nitrogen and oxygen atoms in total. The number of hydrogen-bond acceptors (Lipinski definition) is 5. The Bertz CT molecular complexity index is 1030. The second-order valence-electron chi connectivity index (χ2n) is 5.84. The maximum atomic E-state index is 12.1. The molecule has 1 aromatic heterocycles. The van der Waals surface area contributed by atoms with Gasteiger partial charge in [-0.2, -0.15) is 8.78 Å². The van der Waals surface area contributed by atoms with Crippen LogP contribution >= 0.6 is 0 Å². The predicted molar refractivity (Wildman–Crippen MR) is 99.1 cm³/mol. The van der Waals surface area contributed by atoms with Gasteiger partial charge in [-0.15, -0.1) is 0 Å². The van der Waals surface area contributed by atoms with Crippen molar-refractivity contribution in [1.82, 2.24) is 0 Å². The van der Waals surface area contributed by atoms with Crippen LogP contribution in [0.5, 0.6) is 11.5 Å². The van der Waals surface area contributed by atoms with Crippen LogP contribution in [0, 0.1) is 0 Å². The number of halogens is 2. The third-order valence-electron chi connectivity index (χ3n) is 3.92. The number of anilines is 1.